The summed E-state index contributed by atoms with van der Waals surface area (Å²) in [7, 11) is 1.35. The number of esters is 1. The first-order chi connectivity index (χ1) is 8.23. The zero-order chi connectivity index (χ0) is 13.9. The van der Waals surface area contributed by atoms with Gasteiger partial charge in [0.15, 0.2) is 0 Å². The van der Waals surface area contributed by atoms with Gasteiger partial charge in [0, 0.05) is 13.1 Å². The van der Waals surface area contributed by atoms with Gasteiger partial charge in [0.1, 0.15) is 5.60 Å². The summed E-state index contributed by atoms with van der Waals surface area (Å²) in [6, 6.07) is 0. The van der Waals surface area contributed by atoms with Gasteiger partial charge in [0.25, 0.3) is 0 Å². The van der Waals surface area contributed by atoms with Crippen LogP contribution in [0.1, 0.15) is 34.1 Å². The van der Waals surface area contributed by atoms with E-state index in [1.807, 2.05) is 27.7 Å². The molecule has 0 aromatic carbocycles. The molecule has 0 aromatic heterocycles. The van der Waals surface area contributed by atoms with Crippen molar-refractivity contribution in [3.05, 3.63) is 0 Å². The number of carbonyl (C=O) groups is 2. The molecule has 1 rings (SSSR count). The molecule has 0 aromatic rings. The van der Waals surface area contributed by atoms with Crippen molar-refractivity contribution in [1.29, 1.82) is 0 Å². The molecule has 104 valence electrons. The van der Waals surface area contributed by atoms with E-state index in [1.54, 1.807) is 4.90 Å². The number of nitrogens with zero attached hydrogens (tertiary/aromatic N) is 1. The number of methoxy groups -OCH3 is 1. The van der Waals surface area contributed by atoms with Crippen molar-refractivity contribution in [2.75, 3.05) is 20.2 Å². The van der Waals surface area contributed by atoms with Crippen LogP contribution in [0.15, 0.2) is 0 Å². The third-order valence-corrected chi connectivity index (χ3v) is 2.83. The molecule has 5 heteroatoms. The first kappa shape index (κ1) is 14.8. The summed E-state index contributed by atoms with van der Waals surface area (Å²) < 4.78 is 10.1. The fourth-order valence-corrected chi connectivity index (χ4v) is 2.19. The number of likely N-dealkylation sites (tertiary alicyclic amines) is 1. The Morgan fingerprint density at radius 1 is 1.22 bits per heavy atom. The lowest BCUT2D eigenvalue weighted by atomic mass is 9.90. The average Bonchev–Trinajstić information content (AvgIpc) is 2.24. The largest absolute Gasteiger partial charge is 0.460 e. The maximum atomic E-state index is 12.0. The van der Waals surface area contributed by atoms with Crippen molar-refractivity contribution in [2.24, 2.45) is 11.8 Å². The molecular weight excluding hydrogens is 234 g/mol. The second kappa shape index (κ2) is 5.59. The molecule has 2 unspecified atom stereocenters. The second-order valence-electron chi connectivity index (χ2n) is 5.95. The molecule has 1 amide bonds. The smallest absolute Gasteiger partial charge is 0.409 e. The van der Waals surface area contributed by atoms with Crippen molar-refractivity contribution in [3.63, 3.8) is 0 Å². The van der Waals surface area contributed by atoms with Gasteiger partial charge < -0.3 is 14.4 Å². The lowest BCUT2D eigenvalue weighted by Gasteiger charge is -2.35. The maximum absolute atomic E-state index is 12.0. The van der Waals surface area contributed by atoms with E-state index >= 15 is 0 Å². The lowest BCUT2D eigenvalue weighted by Crippen LogP contribution is -2.46. The Morgan fingerprint density at radius 2 is 1.83 bits per heavy atom. The highest BCUT2D eigenvalue weighted by Crippen LogP contribution is 2.24. The Morgan fingerprint density at radius 3 is 2.33 bits per heavy atom. The van der Waals surface area contributed by atoms with E-state index in [0.717, 1.165) is 6.42 Å². The molecule has 1 saturated heterocycles. The molecule has 2 atom stereocenters. The van der Waals surface area contributed by atoms with Crippen molar-refractivity contribution < 1.29 is 19.1 Å². The summed E-state index contributed by atoms with van der Waals surface area (Å²) in [6.45, 7) is 8.56. The normalized spacial score (nSPS) is 24.6. The van der Waals surface area contributed by atoms with Gasteiger partial charge in [-0.05, 0) is 33.1 Å². The molecule has 0 aliphatic carbocycles. The van der Waals surface area contributed by atoms with Crippen LogP contribution < -0.4 is 0 Å². The van der Waals surface area contributed by atoms with Crippen molar-refractivity contribution in [1.82, 2.24) is 4.90 Å². The molecule has 18 heavy (non-hydrogen) atoms. The minimum Gasteiger partial charge on any atom is -0.460 e. The van der Waals surface area contributed by atoms with E-state index in [1.165, 1.54) is 7.11 Å². The lowest BCUT2D eigenvalue weighted by molar-refractivity contribution is -0.162. The Kier molecular flexibility index (Phi) is 4.59. The van der Waals surface area contributed by atoms with Crippen LogP contribution in [0.5, 0.6) is 0 Å². The summed E-state index contributed by atoms with van der Waals surface area (Å²) >= 11 is 0. The second-order valence-corrected chi connectivity index (χ2v) is 5.95. The van der Waals surface area contributed by atoms with E-state index in [4.69, 9.17) is 9.47 Å². The zero-order valence-corrected chi connectivity index (χ0v) is 11.9. The Bertz CT molecular complexity index is 321. The molecule has 0 N–H and O–H groups in total. The molecule has 1 aliphatic rings. The van der Waals surface area contributed by atoms with Gasteiger partial charge in [0.2, 0.25) is 0 Å². The number of carbonyl (C=O) groups excluding carboxylic acids is 2. The average molecular weight is 257 g/mol. The predicted octanol–water partition coefficient (Wildman–Crippen LogP) is 2.05. The molecule has 1 heterocycles. The molecule has 0 bridgehead atoms. The van der Waals surface area contributed by atoms with Gasteiger partial charge in [-0.15, -0.1) is 0 Å². The van der Waals surface area contributed by atoms with E-state index in [2.05, 4.69) is 0 Å². The number of hydrogen-bond acceptors (Lipinski definition) is 4. The molecular formula is C13H23NO4. The first-order valence-corrected chi connectivity index (χ1v) is 6.28. The predicted molar refractivity (Wildman–Crippen MR) is 67.1 cm³/mol. The third-order valence-electron chi connectivity index (χ3n) is 2.83. The summed E-state index contributed by atoms with van der Waals surface area (Å²) in [6.07, 6.45) is 0.373. The van der Waals surface area contributed by atoms with Crippen molar-refractivity contribution >= 4 is 12.1 Å². The van der Waals surface area contributed by atoms with Crippen LogP contribution in [0.4, 0.5) is 4.79 Å². The van der Waals surface area contributed by atoms with Crippen LogP contribution in [0.3, 0.4) is 0 Å². The maximum Gasteiger partial charge on any atom is 0.409 e. The number of ether oxygens (including phenoxy) is 2. The quantitative estimate of drug-likeness (QED) is 0.675. The Hall–Kier alpha value is -1.26. The van der Waals surface area contributed by atoms with E-state index < -0.39 is 5.60 Å². The molecule has 1 fully saturated rings. The number of rotatable bonds is 1. The third kappa shape index (κ3) is 4.20. The van der Waals surface area contributed by atoms with Crippen LogP contribution >= 0.6 is 0 Å². The van der Waals surface area contributed by atoms with Crippen LogP contribution in [0, 0.1) is 11.8 Å². The highest BCUT2D eigenvalue weighted by Gasteiger charge is 2.34. The molecule has 0 radical (unpaired) electrons. The van der Waals surface area contributed by atoms with E-state index in [9.17, 15) is 9.59 Å². The first-order valence-electron chi connectivity index (χ1n) is 6.28. The standard InChI is InChI=1S/C13H23NO4/c1-9-6-10(11(15)18-13(2,3)4)8-14(7-9)12(16)17-5/h9-10H,6-8H2,1-5H3. The minimum atomic E-state index is -0.492. The van der Waals surface area contributed by atoms with Gasteiger partial charge in [-0.3, -0.25) is 4.79 Å². The topological polar surface area (TPSA) is 55.8 Å². The fraction of sp³-hybridized carbons (Fsp3) is 0.846. The zero-order valence-electron chi connectivity index (χ0n) is 11.9. The highest BCUT2D eigenvalue weighted by atomic mass is 16.6. The monoisotopic (exact) mass is 257 g/mol. The molecule has 1 aliphatic heterocycles. The van der Waals surface area contributed by atoms with Crippen LogP contribution in [0.2, 0.25) is 0 Å². The van der Waals surface area contributed by atoms with Crippen molar-refractivity contribution in [3.8, 4) is 0 Å². The van der Waals surface area contributed by atoms with Gasteiger partial charge in [-0.1, -0.05) is 6.92 Å². The van der Waals surface area contributed by atoms with Crippen LogP contribution in [0.25, 0.3) is 0 Å². The number of amides is 1. The summed E-state index contributed by atoms with van der Waals surface area (Å²) in [4.78, 5) is 25.1. The summed E-state index contributed by atoms with van der Waals surface area (Å²) in [5.74, 6) is -0.217. The molecule has 0 spiro atoms. The van der Waals surface area contributed by atoms with E-state index in [-0.39, 0.29) is 23.9 Å². The number of hydrogen-bond donors (Lipinski definition) is 0. The van der Waals surface area contributed by atoms with Gasteiger partial charge in [-0.25, -0.2) is 4.79 Å². The molecule has 5 nitrogen and oxygen atoms in total. The Labute approximate surface area is 108 Å². The van der Waals surface area contributed by atoms with Crippen LogP contribution in [-0.4, -0.2) is 42.8 Å². The fourth-order valence-electron chi connectivity index (χ4n) is 2.19. The Balaban J connectivity index is 2.66. The minimum absolute atomic E-state index is 0.233. The summed E-state index contributed by atoms with van der Waals surface area (Å²) in [5.41, 5.74) is -0.492. The van der Waals surface area contributed by atoms with Gasteiger partial charge in [0.05, 0.1) is 13.0 Å². The van der Waals surface area contributed by atoms with Gasteiger partial charge >= 0.3 is 12.1 Å². The van der Waals surface area contributed by atoms with Crippen LogP contribution in [-0.2, 0) is 14.3 Å². The summed E-state index contributed by atoms with van der Waals surface area (Å²) in [5, 5.41) is 0. The van der Waals surface area contributed by atoms with Crippen molar-refractivity contribution in [2.45, 2.75) is 39.7 Å². The SMILES string of the molecule is COC(=O)N1CC(C)CC(C(=O)OC(C)(C)C)C1. The molecule has 0 saturated carbocycles. The highest BCUT2D eigenvalue weighted by molar-refractivity contribution is 5.75. The van der Waals surface area contributed by atoms with Gasteiger partial charge in [-0.2, -0.15) is 0 Å². The number of piperidine rings is 1. The van der Waals surface area contributed by atoms with E-state index in [0.29, 0.717) is 13.1 Å².